The van der Waals surface area contributed by atoms with Crippen molar-refractivity contribution in [2.45, 2.75) is 32.6 Å². The van der Waals surface area contributed by atoms with E-state index in [-0.39, 0.29) is 0 Å². The van der Waals surface area contributed by atoms with Crippen molar-refractivity contribution in [3.63, 3.8) is 0 Å². The minimum Gasteiger partial charge on any atom is -0.255 e. The first-order valence-electron chi connectivity index (χ1n) is 6.22. The minimum atomic E-state index is 0.625. The molecule has 2 heteroatoms. The van der Waals surface area contributed by atoms with Crippen LogP contribution in [-0.2, 0) is 0 Å². The number of hydrogen-bond donors (Lipinski definition) is 0. The fourth-order valence-electron chi connectivity index (χ4n) is 2.12. The summed E-state index contributed by atoms with van der Waals surface area (Å²) in [5.41, 5.74) is 3.28. The summed E-state index contributed by atoms with van der Waals surface area (Å²) >= 11 is 0. The van der Waals surface area contributed by atoms with Gasteiger partial charge < -0.3 is 0 Å². The fraction of sp³-hybridized carbons (Fsp3) is 0.333. The van der Waals surface area contributed by atoms with Gasteiger partial charge in [-0.3, -0.25) is 9.97 Å². The topological polar surface area (TPSA) is 25.8 Å². The Hall–Kier alpha value is -1.70. The van der Waals surface area contributed by atoms with Crippen molar-refractivity contribution in [3.8, 4) is 11.4 Å². The molecule has 2 nitrogen and oxygen atoms in total. The van der Waals surface area contributed by atoms with Crippen LogP contribution >= 0.6 is 0 Å². The van der Waals surface area contributed by atoms with E-state index in [9.17, 15) is 0 Å². The molecule has 0 aromatic carbocycles. The largest absolute Gasteiger partial charge is 0.255 e. The molecule has 2 aromatic rings. The molecule has 0 unspecified atom stereocenters. The first kappa shape index (κ1) is 11.8. The van der Waals surface area contributed by atoms with Crippen LogP contribution in [0.5, 0.6) is 0 Å². The Kier molecular flexibility index (Phi) is 3.86. The van der Waals surface area contributed by atoms with Crippen molar-refractivity contribution < 1.29 is 0 Å². The Labute approximate surface area is 103 Å². The molecule has 0 N–H and O–H groups in total. The first-order valence-corrected chi connectivity index (χ1v) is 6.22. The minimum absolute atomic E-state index is 0.625. The van der Waals surface area contributed by atoms with Gasteiger partial charge in [-0.1, -0.05) is 19.9 Å². The van der Waals surface area contributed by atoms with E-state index in [1.807, 2.05) is 24.4 Å². The van der Waals surface area contributed by atoms with E-state index < -0.39 is 0 Å². The molecule has 0 bridgehead atoms. The Bertz CT molecular complexity index is 461. The van der Waals surface area contributed by atoms with Crippen molar-refractivity contribution in [3.05, 3.63) is 48.3 Å². The van der Waals surface area contributed by atoms with Crippen molar-refractivity contribution in [2.75, 3.05) is 0 Å². The van der Waals surface area contributed by atoms with Crippen LogP contribution in [0.25, 0.3) is 11.4 Å². The first-order chi connectivity index (χ1) is 8.35. The number of aromatic nitrogens is 2. The smallest absolute Gasteiger partial charge is 0.0888 e. The van der Waals surface area contributed by atoms with Crippen LogP contribution < -0.4 is 0 Å². The quantitative estimate of drug-likeness (QED) is 0.786. The fourth-order valence-corrected chi connectivity index (χ4v) is 2.12. The number of pyridine rings is 2. The van der Waals surface area contributed by atoms with Crippen LogP contribution in [0.2, 0.25) is 0 Å². The van der Waals surface area contributed by atoms with Crippen LogP contribution in [0.3, 0.4) is 0 Å². The van der Waals surface area contributed by atoms with Gasteiger partial charge in [-0.15, -0.1) is 0 Å². The number of nitrogens with zero attached hydrogens (tertiary/aromatic N) is 2. The molecule has 2 aromatic heterocycles. The molecule has 0 aliphatic rings. The molecule has 88 valence electrons. The SMILES string of the molecule is CCC(CC)c1ccnc(-c2ccccn2)c1. The van der Waals surface area contributed by atoms with Crippen molar-refractivity contribution in [1.29, 1.82) is 0 Å². The summed E-state index contributed by atoms with van der Waals surface area (Å²) in [5.74, 6) is 0.625. The monoisotopic (exact) mass is 226 g/mol. The highest BCUT2D eigenvalue weighted by Crippen LogP contribution is 2.25. The Balaban J connectivity index is 2.35. The molecule has 2 rings (SSSR count). The summed E-state index contributed by atoms with van der Waals surface area (Å²) in [6, 6.07) is 10.2. The van der Waals surface area contributed by atoms with E-state index in [1.165, 1.54) is 18.4 Å². The zero-order valence-corrected chi connectivity index (χ0v) is 10.4. The van der Waals surface area contributed by atoms with Crippen molar-refractivity contribution >= 4 is 0 Å². The predicted octanol–water partition coefficient (Wildman–Crippen LogP) is 4.05. The lowest BCUT2D eigenvalue weighted by atomic mass is 9.94. The van der Waals surface area contributed by atoms with Gasteiger partial charge in [0.25, 0.3) is 0 Å². The molecule has 0 aliphatic carbocycles. The summed E-state index contributed by atoms with van der Waals surface area (Å²) in [5, 5.41) is 0. The van der Waals surface area contributed by atoms with Gasteiger partial charge >= 0.3 is 0 Å². The molecular formula is C15H18N2. The maximum absolute atomic E-state index is 4.40. The molecule has 0 radical (unpaired) electrons. The van der Waals surface area contributed by atoms with Crippen LogP contribution in [0.15, 0.2) is 42.7 Å². The standard InChI is InChI=1S/C15H18N2/c1-3-12(4-2)13-8-10-17-15(11-13)14-7-5-6-9-16-14/h5-12H,3-4H2,1-2H3. The Morgan fingerprint density at radius 1 is 0.941 bits per heavy atom. The average Bonchev–Trinajstić information content (AvgIpc) is 2.42. The highest BCUT2D eigenvalue weighted by atomic mass is 14.8. The van der Waals surface area contributed by atoms with Crippen molar-refractivity contribution in [2.24, 2.45) is 0 Å². The van der Waals surface area contributed by atoms with Crippen LogP contribution in [-0.4, -0.2) is 9.97 Å². The maximum Gasteiger partial charge on any atom is 0.0888 e. The lowest BCUT2D eigenvalue weighted by Crippen LogP contribution is -1.97. The lowest BCUT2D eigenvalue weighted by molar-refractivity contribution is 0.641. The molecule has 0 fully saturated rings. The van der Waals surface area contributed by atoms with Gasteiger partial charge in [0.15, 0.2) is 0 Å². The second kappa shape index (κ2) is 5.58. The molecule has 0 atom stereocenters. The molecule has 0 saturated heterocycles. The normalized spacial score (nSPS) is 10.8. The van der Waals surface area contributed by atoms with Gasteiger partial charge in [0.2, 0.25) is 0 Å². The number of hydrogen-bond acceptors (Lipinski definition) is 2. The molecule has 0 aliphatic heterocycles. The molecular weight excluding hydrogens is 208 g/mol. The van der Waals surface area contributed by atoms with Gasteiger partial charge in [-0.05, 0) is 48.6 Å². The van der Waals surface area contributed by atoms with Crippen molar-refractivity contribution in [1.82, 2.24) is 9.97 Å². The van der Waals surface area contributed by atoms with Gasteiger partial charge in [0, 0.05) is 12.4 Å². The third kappa shape index (κ3) is 2.70. The molecule has 2 heterocycles. The van der Waals surface area contributed by atoms with Gasteiger partial charge in [0.05, 0.1) is 11.4 Å². The summed E-state index contributed by atoms with van der Waals surface area (Å²) in [4.78, 5) is 8.74. The van der Waals surface area contributed by atoms with Crippen LogP contribution in [0, 0.1) is 0 Å². The molecule has 0 amide bonds. The molecule has 0 saturated carbocycles. The second-order valence-electron chi connectivity index (χ2n) is 4.20. The Morgan fingerprint density at radius 3 is 2.35 bits per heavy atom. The van der Waals surface area contributed by atoms with E-state index in [0.29, 0.717) is 5.92 Å². The zero-order valence-electron chi connectivity index (χ0n) is 10.4. The average molecular weight is 226 g/mol. The van der Waals surface area contributed by atoms with E-state index in [4.69, 9.17) is 0 Å². The van der Waals surface area contributed by atoms with Crippen LogP contribution in [0.4, 0.5) is 0 Å². The third-order valence-electron chi connectivity index (χ3n) is 3.17. The summed E-state index contributed by atoms with van der Waals surface area (Å²) < 4.78 is 0. The summed E-state index contributed by atoms with van der Waals surface area (Å²) in [6.07, 6.45) is 6.03. The highest BCUT2D eigenvalue weighted by molar-refractivity contribution is 5.54. The third-order valence-corrected chi connectivity index (χ3v) is 3.17. The van der Waals surface area contributed by atoms with Gasteiger partial charge in [0.1, 0.15) is 0 Å². The number of rotatable bonds is 4. The van der Waals surface area contributed by atoms with E-state index in [2.05, 4.69) is 35.9 Å². The summed E-state index contributed by atoms with van der Waals surface area (Å²) in [6.45, 7) is 4.46. The van der Waals surface area contributed by atoms with E-state index in [0.717, 1.165) is 11.4 Å². The maximum atomic E-state index is 4.40. The summed E-state index contributed by atoms with van der Waals surface area (Å²) in [7, 11) is 0. The Morgan fingerprint density at radius 2 is 1.71 bits per heavy atom. The van der Waals surface area contributed by atoms with Gasteiger partial charge in [-0.25, -0.2) is 0 Å². The molecule has 0 spiro atoms. The predicted molar refractivity (Wildman–Crippen MR) is 70.8 cm³/mol. The highest BCUT2D eigenvalue weighted by Gasteiger charge is 2.08. The zero-order chi connectivity index (χ0) is 12.1. The van der Waals surface area contributed by atoms with Gasteiger partial charge in [-0.2, -0.15) is 0 Å². The second-order valence-corrected chi connectivity index (χ2v) is 4.20. The molecule has 17 heavy (non-hydrogen) atoms. The van der Waals surface area contributed by atoms with E-state index >= 15 is 0 Å². The van der Waals surface area contributed by atoms with E-state index in [1.54, 1.807) is 6.20 Å². The lowest BCUT2D eigenvalue weighted by Gasteiger charge is -2.13. The van der Waals surface area contributed by atoms with Crippen LogP contribution in [0.1, 0.15) is 38.2 Å².